The fourth-order valence-corrected chi connectivity index (χ4v) is 2.77. The second-order valence-corrected chi connectivity index (χ2v) is 5.59. The van der Waals surface area contributed by atoms with Gasteiger partial charge in [-0.05, 0) is 12.3 Å². The lowest BCUT2D eigenvalue weighted by Crippen LogP contribution is -2.15. The van der Waals surface area contributed by atoms with Crippen LogP contribution in [-0.2, 0) is 16.0 Å². The van der Waals surface area contributed by atoms with Crippen molar-refractivity contribution in [2.75, 3.05) is 19.0 Å². The summed E-state index contributed by atoms with van der Waals surface area (Å²) < 4.78 is 4.61. The van der Waals surface area contributed by atoms with Crippen LogP contribution in [0.15, 0.2) is 5.38 Å². The third kappa shape index (κ3) is 3.98. The lowest BCUT2D eigenvalue weighted by atomic mass is 9.83. The van der Waals surface area contributed by atoms with Crippen LogP contribution in [0.5, 0.6) is 0 Å². The number of ether oxygens (including phenoxy) is 1. The van der Waals surface area contributed by atoms with Gasteiger partial charge in [-0.3, -0.25) is 4.79 Å². The molecule has 0 saturated heterocycles. The molecule has 5 heteroatoms. The molecule has 0 amide bonds. The molecule has 100 valence electrons. The Morgan fingerprint density at radius 3 is 3.11 bits per heavy atom. The Balaban J connectivity index is 1.66. The first-order chi connectivity index (χ1) is 8.78. The van der Waals surface area contributed by atoms with Gasteiger partial charge in [-0.1, -0.05) is 19.3 Å². The molecule has 1 aromatic rings. The molecule has 4 nitrogen and oxygen atoms in total. The summed E-state index contributed by atoms with van der Waals surface area (Å²) in [5.41, 5.74) is 0.969. The maximum Gasteiger partial charge on any atom is 0.305 e. The molecule has 0 radical (unpaired) electrons. The van der Waals surface area contributed by atoms with E-state index in [1.165, 1.54) is 32.8 Å². The quantitative estimate of drug-likeness (QED) is 0.773. The Kier molecular flexibility index (Phi) is 4.99. The molecule has 1 aliphatic carbocycles. The first-order valence-electron chi connectivity index (χ1n) is 6.53. The van der Waals surface area contributed by atoms with Gasteiger partial charge in [0.05, 0.1) is 19.2 Å². The molecule has 1 aromatic heterocycles. The van der Waals surface area contributed by atoms with E-state index in [0.717, 1.165) is 23.3 Å². The van der Waals surface area contributed by atoms with E-state index in [4.69, 9.17) is 0 Å². The van der Waals surface area contributed by atoms with Gasteiger partial charge in [-0.25, -0.2) is 4.98 Å². The minimum atomic E-state index is -0.178. The Labute approximate surface area is 112 Å². The van der Waals surface area contributed by atoms with Crippen LogP contribution in [0.25, 0.3) is 0 Å². The summed E-state index contributed by atoms with van der Waals surface area (Å²) in [6.45, 7) is 1.01. The molecular formula is C13H20N2O2S. The number of nitrogens with zero attached hydrogens (tertiary/aromatic N) is 1. The molecule has 0 spiro atoms. The summed E-state index contributed by atoms with van der Waals surface area (Å²) in [5.74, 6) is 0.749. The van der Waals surface area contributed by atoms with Gasteiger partial charge >= 0.3 is 5.97 Å². The molecule has 1 N–H and O–H groups in total. The largest absolute Gasteiger partial charge is 0.469 e. The third-order valence-electron chi connectivity index (χ3n) is 3.42. The van der Waals surface area contributed by atoms with Gasteiger partial charge in [-0.2, -0.15) is 0 Å². The summed E-state index contributed by atoms with van der Waals surface area (Å²) in [6, 6.07) is 0. The fourth-order valence-electron chi connectivity index (χ4n) is 2.00. The van der Waals surface area contributed by atoms with Crippen molar-refractivity contribution in [3.8, 4) is 0 Å². The van der Waals surface area contributed by atoms with E-state index in [9.17, 15) is 4.79 Å². The van der Waals surface area contributed by atoms with Crippen molar-refractivity contribution in [2.45, 2.75) is 38.5 Å². The highest BCUT2D eigenvalue weighted by Crippen LogP contribution is 2.29. The lowest BCUT2D eigenvalue weighted by Gasteiger charge is -2.24. The highest BCUT2D eigenvalue weighted by Gasteiger charge is 2.16. The Morgan fingerprint density at radius 1 is 1.61 bits per heavy atom. The number of hydrogen-bond donors (Lipinski definition) is 1. The molecule has 1 saturated carbocycles. The fraction of sp³-hybridized carbons (Fsp3) is 0.692. The predicted octanol–water partition coefficient (Wildman–Crippen LogP) is 2.85. The molecule has 0 aliphatic heterocycles. The van der Waals surface area contributed by atoms with Crippen LogP contribution in [-0.4, -0.2) is 24.6 Å². The summed E-state index contributed by atoms with van der Waals surface area (Å²) in [5, 5.41) is 6.33. The molecule has 0 unspecified atom stereocenters. The summed E-state index contributed by atoms with van der Waals surface area (Å²) in [4.78, 5) is 15.5. The van der Waals surface area contributed by atoms with Gasteiger partial charge in [0.1, 0.15) is 0 Å². The SMILES string of the molecule is COC(=O)CCc1csc(NCCC2CCC2)n1. The zero-order valence-corrected chi connectivity index (χ0v) is 11.6. The van der Waals surface area contributed by atoms with Gasteiger partial charge in [0.2, 0.25) is 0 Å². The average molecular weight is 268 g/mol. The van der Waals surface area contributed by atoms with E-state index >= 15 is 0 Å². The van der Waals surface area contributed by atoms with Crippen molar-refractivity contribution >= 4 is 22.4 Å². The van der Waals surface area contributed by atoms with Crippen LogP contribution in [0.1, 0.15) is 37.8 Å². The number of rotatable bonds is 7. The molecule has 0 atom stereocenters. The molecular weight excluding hydrogens is 248 g/mol. The van der Waals surface area contributed by atoms with Crippen LogP contribution < -0.4 is 5.32 Å². The second kappa shape index (κ2) is 6.73. The Morgan fingerprint density at radius 2 is 2.44 bits per heavy atom. The van der Waals surface area contributed by atoms with Gasteiger partial charge in [-0.15, -0.1) is 11.3 Å². The van der Waals surface area contributed by atoms with Crippen molar-refractivity contribution in [3.63, 3.8) is 0 Å². The minimum Gasteiger partial charge on any atom is -0.469 e. The predicted molar refractivity (Wildman–Crippen MR) is 72.9 cm³/mol. The molecule has 18 heavy (non-hydrogen) atoms. The van der Waals surface area contributed by atoms with Crippen LogP contribution in [0.2, 0.25) is 0 Å². The van der Waals surface area contributed by atoms with E-state index in [2.05, 4.69) is 15.0 Å². The third-order valence-corrected chi connectivity index (χ3v) is 4.27. The number of aryl methyl sites for hydroxylation is 1. The Bertz CT molecular complexity index is 388. The number of methoxy groups -OCH3 is 1. The number of hydrogen-bond acceptors (Lipinski definition) is 5. The highest BCUT2D eigenvalue weighted by molar-refractivity contribution is 7.13. The summed E-state index contributed by atoms with van der Waals surface area (Å²) >= 11 is 1.61. The smallest absolute Gasteiger partial charge is 0.305 e. The number of carbonyl (C=O) groups is 1. The number of carbonyl (C=O) groups excluding carboxylic acids is 1. The van der Waals surface area contributed by atoms with Crippen LogP contribution in [0, 0.1) is 5.92 Å². The molecule has 1 aliphatic rings. The first-order valence-corrected chi connectivity index (χ1v) is 7.41. The van der Waals surface area contributed by atoms with E-state index in [-0.39, 0.29) is 5.97 Å². The van der Waals surface area contributed by atoms with Crippen molar-refractivity contribution in [1.29, 1.82) is 0 Å². The average Bonchev–Trinajstić information content (AvgIpc) is 2.77. The molecule has 2 rings (SSSR count). The van der Waals surface area contributed by atoms with Crippen molar-refractivity contribution < 1.29 is 9.53 Å². The van der Waals surface area contributed by atoms with E-state index < -0.39 is 0 Å². The van der Waals surface area contributed by atoms with Crippen LogP contribution >= 0.6 is 11.3 Å². The first kappa shape index (κ1) is 13.3. The molecule has 1 fully saturated rings. The van der Waals surface area contributed by atoms with Gasteiger partial charge < -0.3 is 10.1 Å². The number of esters is 1. The number of aromatic nitrogens is 1. The summed E-state index contributed by atoms with van der Waals surface area (Å²) in [7, 11) is 1.41. The van der Waals surface area contributed by atoms with E-state index in [1.54, 1.807) is 11.3 Å². The number of thiazole rings is 1. The summed E-state index contributed by atoms with van der Waals surface area (Å²) in [6.07, 6.45) is 6.50. The van der Waals surface area contributed by atoms with Crippen LogP contribution in [0.3, 0.4) is 0 Å². The topological polar surface area (TPSA) is 51.2 Å². The van der Waals surface area contributed by atoms with Gasteiger partial charge in [0, 0.05) is 18.3 Å². The van der Waals surface area contributed by atoms with Crippen LogP contribution in [0.4, 0.5) is 5.13 Å². The van der Waals surface area contributed by atoms with Gasteiger partial charge in [0.15, 0.2) is 5.13 Å². The van der Waals surface area contributed by atoms with Crippen molar-refractivity contribution in [2.24, 2.45) is 5.92 Å². The standard InChI is InChI=1S/C13H20N2O2S/c1-17-12(16)6-5-11-9-18-13(15-11)14-8-7-10-3-2-4-10/h9-10H,2-8H2,1H3,(H,14,15). The minimum absolute atomic E-state index is 0.178. The van der Waals surface area contributed by atoms with Crippen molar-refractivity contribution in [3.05, 3.63) is 11.1 Å². The number of nitrogens with one attached hydrogen (secondary N) is 1. The maximum absolute atomic E-state index is 11.0. The normalized spacial score (nSPS) is 15.2. The Hall–Kier alpha value is -1.10. The zero-order valence-electron chi connectivity index (χ0n) is 10.8. The van der Waals surface area contributed by atoms with Gasteiger partial charge in [0.25, 0.3) is 0 Å². The number of anilines is 1. The monoisotopic (exact) mass is 268 g/mol. The molecule has 0 aromatic carbocycles. The molecule has 1 heterocycles. The van der Waals surface area contributed by atoms with E-state index in [1.807, 2.05) is 5.38 Å². The lowest BCUT2D eigenvalue weighted by molar-refractivity contribution is -0.140. The second-order valence-electron chi connectivity index (χ2n) is 4.73. The maximum atomic E-state index is 11.0. The van der Waals surface area contributed by atoms with E-state index in [0.29, 0.717) is 12.8 Å². The highest BCUT2D eigenvalue weighted by atomic mass is 32.1. The molecule has 0 bridgehead atoms. The zero-order chi connectivity index (χ0) is 12.8. The van der Waals surface area contributed by atoms with Crippen molar-refractivity contribution in [1.82, 2.24) is 4.98 Å².